The van der Waals surface area contributed by atoms with Crippen molar-refractivity contribution in [1.29, 1.82) is 0 Å². The molecule has 12 nitrogen and oxygen atoms in total. The van der Waals surface area contributed by atoms with Crippen LogP contribution in [0.25, 0.3) is 0 Å². The van der Waals surface area contributed by atoms with E-state index in [0.29, 0.717) is 12.8 Å². The first-order valence-corrected chi connectivity index (χ1v) is 24.4. The third-order valence-electron chi connectivity index (χ3n) is 11.1. The summed E-state index contributed by atoms with van der Waals surface area (Å²) in [5.41, 5.74) is 0. The Labute approximate surface area is 347 Å². The van der Waals surface area contributed by atoms with Gasteiger partial charge < -0.3 is 35.2 Å². The fourth-order valence-corrected chi connectivity index (χ4v) is 7.96. The minimum Gasteiger partial charge on any atom is -0.394 e. The van der Waals surface area contributed by atoms with E-state index < -0.39 is 59.9 Å². The summed E-state index contributed by atoms with van der Waals surface area (Å²) in [7, 11) is -5.07. The highest BCUT2D eigenvalue weighted by Gasteiger charge is 2.48. The first-order chi connectivity index (χ1) is 27.5. The van der Waals surface area contributed by atoms with Crippen LogP contribution in [0.3, 0.4) is 0 Å². The Kier molecular flexibility index (Phi) is 33.6. The molecule has 1 aliphatic rings. The number of carbonyl (C=O) groups is 1. The van der Waals surface area contributed by atoms with Gasteiger partial charge >= 0.3 is 10.4 Å². The van der Waals surface area contributed by atoms with Crippen LogP contribution in [0.15, 0.2) is 12.2 Å². The first kappa shape index (κ1) is 53.9. The van der Waals surface area contributed by atoms with Gasteiger partial charge in [-0.05, 0) is 38.5 Å². The lowest BCUT2D eigenvalue weighted by Crippen LogP contribution is -2.61. The number of ether oxygens (including phenoxy) is 2. The molecule has 0 spiro atoms. The second-order valence-corrected chi connectivity index (χ2v) is 17.4. The summed E-state index contributed by atoms with van der Waals surface area (Å²) in [6, 6.07) is -0.858. The number of amides is 1. The standard InChI is InChI=1S/C44H85NO11S/c1-3-5-7-9-11-13-15-17-18-19-20-21-22-24-26-28-30-32-34-40(48)45-37(38(47)33-31-29-27-25-23-16-14-12-10-8-6-4-2)36-54-44-42(50)43(56-57(51,52)53)41(49)39(35-46)55-44/h20-21,37-39,41-44,46-47,49-50H,3-19,22-36H2,1-2H3,(H,45,48)(H,51,52,53)/b21-20-. The van der Waals surface area contributed by atoms with Crippen molar-refractivity contribution >= 4 is 16.3 Å². The van der Waals surface area contributed by atoms with Crippen molar-refractivity contribution in [1.82, 2.24) is 5.32 Å². The predicted molar refractivity (Wildman–Crippen MR) is 227 cm³/mol. The number of unbranched alkanes of at least 4 members (excludes halogenated alkanes) is 25. The molecular formula is C44H85NO11S. The number of rotatable bonds is 39. The van der Waals surface area contributed by atoms with E-state index in [1.54, 1.807) is 0 Å². The van der Waals surface area contributed by atoms with Gasteiger partial charge in [0, 0.05) is 6.42 Å². The number of hydrogen-bond acceptors (Lipinski definition) is 10. The summed E-state index contributed by atoms with van der Waals surface area (Å²) in [6.45, 7) is 3.43. The zero-order chi connectivity index (χ0) is 42.0. The Balaban J connectivity index is 2.49. The molecule has 0 bridgehead atoms. The summed E-state index contributed by atoms with van der Waals surface area (Å²) in [5, 5.41) is 44.8. The van der Waals surface area contributed by atoms with E-state index in [1.807, 2.05) is 0 Å². The van der Waals surface area contributed by atoms with Crippen LogP contribution in [0.4, 0.5) is 0 Å². The summed E-state index contributed by atoms with van der Waals surface area (Å²) >= 11 is 0. The van der Waals surface area contributed by atoms with Crippen molar-refractivity contribution in [3.63, 3.8) is 0 Å². The molecule has 0 aromatic carbocycles. The Morgan fingerprint density at radius 1 is 0.684 bits per heavy atom. The van der Waals surface area contributed by atoms with Crippen molar-refractivity contribution in [2.24, 2.45) is 0 Å². The number of carbonyl (C=O) groups excluding carboxylic acids is 1. The van der Waals surface area contributed by atoms with Crippen LogP contribution in [0.1, 0.15) is 206 Å². The van der Waals surface area contributed by atoms with E-state index in [-0.39, 0.29) is 18.9 Å². The first-order valence-electron chi connectivity index (χ1n) is 23.1. The fourth-order valence-electron chi connectivity index (χ4n) is 7.45. The van der Waals surface area contributed by atoms with Gasteiger partial charge in [0.15, 0.2) is 6.29 Å². The van der Waals surface area contributed by atoms with Crippen molar-refractivity contribution in [2.45, 2.75) is 249 Å². The van der Waals surface area contributed by atoms with Gasteiger partial charge in [-0.25, -0.2) is 4.18 Å². The van der Waals surface area contributed by atoms with Gasteiger partial charge in [-0.1, -0.05) is 174 Å². The predicted octanol–water partition coefficient (Wildman–Crippen LogP) is 8.77. The molecule has 1 amide bonds. The van der Waals surface area contributed by atoms with Gasteiger partial charge in [0.25, 0.3) is 0 Å². The van der Waals surface area contributed by atoms with Gasteiger partial charge in [0.05, 0.1) is 25.4 Å². The largest absolute Gasteiger partial charge is 0.397 e. The number of hydrogen-bond donors (Lipinski definition) is 6. The number of aliphatic hydroxyl groups excluding tert-OH is 4. The molecule has 0 saturated carbocycles. The van der Waals surface area contributed by atoms with Crippen molar-refractivity contribution in [3.05, 3.63) is 12.2 Å². The highest BCUT2D eigenvalue weighted by atomic mass is 32.3. The van der Waals surface area contributed by atoms with Gasteiger partial charge in [0.1, 0.15) is 24.4 Å². The van der Waals surface area contributed by atoms with E-state index in [9.17, 15) is 38.2 Å². The van der Waals surface area contributed by atoms with Gasteiger partial charge in [-0.2, -0.15) is 8.42 Å². The van der Waals surface area contributed by atoms with E-state index in [2.05, 4.69) is 35.5 Å². The molecule has 1 saturated heterocycles. The molecule has 1 fully saturated rings. The molecule has 338 valence electrons. The van der Waals surface area contributed by atoms with E-state index >= 15 is 0 Å². The quantitative estimate of drug-likeness (QED) is 0.0197. The molecule has 0 radical (unpaired) electrons. The molecule has 0 aromatic rings. The maximum Gasteiger partial charge on any atom is 0.397 e. The van der Waals surface area contributed by atoms with E-state index in [4.69, 9.17) is 9.47 Å². The second-order valence-electron chi connectivity index (χ2n) is 16.3. The number of nitrogens with one attached hydrogen (secondary N) is 1. The van der Waals surface area contributed by atoms with Crippen LogP contribution in [0, 0.1) is 0 Å². The fraction of sp³-hybridized carbons (Fsp3) is 0.932. The molecule has 7 atom stereocenters. The molecule has 1 aliphatic heterocycles. The Hall–Kier alpha value is -1.16. The lowest BCUT2D eigenvalue weighted by molar-refractivity contribution is -0.298. The smallest absolute Gasteiger partial charge is 0.394 e. The second kappa shape index (κ2) is 35.6. The molecule has 0 aliphatic carbocycles. The maximum atomic E-state index is 13.0. The van der Waals surface area contributed by atoms with Crippen LogP contribution in [-0.2, 0) is 28.9 Å². The Morgan fingerprint density at radius 2 is 1.12 bits per heavy atom. The maximum absolute atomic E-state index is 13.0. The van der Waals surface area contributed by atoms with Crippen molar-refractivity contribution < 1.29 is 51.8 Å². The van der Waals surface area contributed by atoms with E-state index in [1.165, 1.54) is 109 Å². The average molecular weight is 836 g/mol. The molecule has 1 rings (SSSR count). The highest BCUT2D eigenvalue weighted by molar-refractivity contribution is 7.80. The zero-order valence-electron chi connectivity index (χ0n) is 35.9. The normalized spacial score (nSPS) is 21.3. The minimum atomic E-state index is -5.07. The minimum absolute atomic E-state index is 0.238. The molecule has 57 heavy (non-hydrogen) atoms. The molecule has 7 unspecified atom stereocenters. The molecule has 0 aromatic heterocycles. The van der Waals surface area contributed by atoms with Gasteiger partial charge in [-0.15, -0.1) is 0 Å². The lowest BCUT2D eigenvalue weighted by Gasteiger charge is -2.41. The number of allylic oxidation sites excluding steroid dienone is 2. The van der Waals surface area contributed by atoms with Crippen LogP contribution in [-0.4, -0.2) is 95.4 Å². The molecule has 1 heterocycles. The van der Waals surface area contributed by atoms with Gasteiger partial charge in [0.2, 0.25) is 5.91 Å². The Bertz CT molecular complexity index is 1080. The summed E-state index contributed by atoms with van der Waals surface area (Å²) in [4.78, 5) is 13.0. The van der Waals surface area contributed by atoms with Gasteiger partial charge in [-0.3, -0.25) is 9.35 Å². The zero-order valence-corrected chi connectivity index (χ0v) is 36.7. The average Bonchev–Trinajstić information content (AvgIpc) is 3.18. The van der Waals surface area contributed by atoms with Crippen molar-refractivity contribution in [3.8, 4) is 0 Å². The van der Waals surface area contributed by atoms with E-state index in [0.717, 1.165) is 64.2 Å². The summed E-state index contributed by atoms with van der Waals surface area (Å²) in [6.07, 6.45) is 29.3. The molecule has 13 heteroatoms. The third kappa shape index (κ3) is 28.9. The summed E-state index contributed by atoms with van der Waals surface area (Å²) in [5.74, 6) is -0.238. The van der Waals surface area contributed by atoms with Crippen LogP contribution < -0.4 is 5.32 Å². The summed E-state index contributed by atoms with van der Waals surface area (Å²) < 4.78 is 47.6. The molecular weight excluding hydrogens is 751 g/mol. The highest BCUT2D eigenvalue weighted by Crippen LogP contribution is 2.26. The monoisotopic (exact) mass is 836 g/mol. The van der Waals surface area contributed by atoms with Crippen LogP contribution >= 0.6 is 0 Å². The SMILES string of the molecule is CCCCCCCCCCC/C=C\CCCCCCCC(=O)NC(COC1OC(CO)C(O)C(OS(=O)(=O)O)C1O)C(O)CCCCCCCCCCCCCC. The molecule has 6 N–H and O–H groups in total. The third-order valence-corrected chi connectivity index (χ3v) is 11.5. The Morgan fingerprint density at radius 3 is 1.58 bits per heavy atom. The van der Waals surface area contributed by atoms with Crippen LogP contribution in [0.5, 0.6) is 0 Å². The number of aliphatic hydroxyl groups is 4. The lowest BCUT2D eigenvalue weighted by atomic mass is 9.99. The van der Waals surface area contributed by atoms with Crippen LogP contribution in [0.2, 0.25) is 0 Å². The van der Waals surface area contributed by atoms with Crippen molar-refractivity contribution in [2.75, 3.05) is 13.2 Å². The topological polar surface area (TPSA) is 192 Å².